The van der Waals surface area contributed by atoms with E-state index in [0.29, 0.717) is 32.4 Å². The molecule has 20 heavy (non-hydrogen) atoms. The molecule has 4 heteroatoms. The number of H-pyrrole nitrogens is 1. The van der Waals surface area contributed by atoms with Crippen LogP contribution in [0, 0.1) is 6.92 Å². The fraction of sp³-hybridized carbons (Fsp3) is 0.438. The van der Waals surface area contributed by atoms with Gasteiger partial charge < -0.3 is 15.0 Å². The Morgan fingerprint density at radius 2 is 2.05 bits per heavy atom. The quantitative estimate of drug-likeness (QED) is 0.878. The predicted molar refractivity (Wildman–Crippen MR) is 78.6 cm³/mol. The molecule has 1 aromatic carbocycles. The largest absolute Gasteiger partial charge is 0.393 e. The van der Waals surface area contributed by atoms with Crippen molar-refractivity contribution in [3.05, 3.63) is 35.5 Å². The summed E-state index contributed by atoms with van der Waals surface area (Å²) in [6.07, 6.45) is 1.58. The van der Waals surface area contributed by atoms with Crippen LogP contribution in [0.15, 0.2) is 24.3 Å². The number of piperidine rings is 1. The summed E-state index contributed by atoms with van der Waals surface area (Å²) in [5.41, 5.74) is 3.25. The van der Waals surface area contributed by atoms with Crippen LogP contribution in [0.4, 0.5) is 0 Å². The Hall–Kier alpha value is -1.81. The number of aromatic nitrogens is 1. The molecular formula is C16H20N2O2. The number of aromatic amines is 1. The van der Waals surface area contributed by atoms with Gasteiger partial charge in [0.15, 0.2) is 0 Å². The van der Waals surface area contributed by atoms with Gasteiger partial charge >= 0.3 is 0 Å². The van der Waals surface area contributed by atoms with E-state index in [2.05, 4.69) is 11.1 Å². The molecule has 1 aliphatic rings. The number of carbonyl (C=O) groups is 1. The highest BCUT2D eigenvalue weighted by Crippen LogP contribution is 2.23. The van der Waals surface area contributed by atoms with Crippen LogP contribution in [0.1, 0.15) is 24.1 Å². The highest BCUT2D eigenvalue weighted by molar-refractivity contribution is 5.90. The van der Waals surface area contributed by atoms with E-state index in [1.54, 1.807) is 0 Å². The molecule has 106 valence electrons. The third kappa shape index (κ3) is 2.43. The van der Waals surface area contributed by atoms with Crippen LogP contribution < -0.4 is 0 Å². The molecule has 0 radical (unpaired) electrons. The number of aliphatic hydroxyl groups is 1. The Morgan fingerprint density at radius 3 is 2.80 bits per heavy atom. The zero-order chi connectivity index (χ0) is 14.1. The molecule has 0 atom stereocenters. The van der Waals surface area contributed by atoms with Crippen LogP contribution in [0.2, 0.25) is 0 Å². The Bertz CT molecular complexity index is 624. The molecule has 1 aromatic heterocycles. The summed E-state index contributed by atoms with van der Waals surface area (Å²) in [5, 5.41) is 10.6. The number of hydrogen-bond acceptors (Lipinski definition) is 2. The number of nitrogens with zero attached hydrogens (tertiary/aromatic N) is 1. The lowest BCUT2D eigenvalue weighted by Gasteiger charge is -2.29. The maximum absolute atomic E-state index is 12.4. The Labute approximate surface area is 118 Å². The Kier molecular flexibility index (Phi) is 3.49. The Balaban J connectivity index is 1.79. The number of amides is 1. The topological polar surface area (TPSA) is 56.3 Å². The van der Waals surface area contributed by atoms with Gasteiger partial charge in [0, 0.05) is 29.7 Å². The first-order valence-electron chi connectivity index (χ1n) is 7.17. The molecule has 0 saturated carbocycles. The van der Waals surface area contributed by atoms with E-state index in [1.165, 1.54) is 0 Å². The lowest BCUT2D eigenvalue weighted by Crippen LogP contribution is -2.40. The normalized spacial score (nSPS) is 16.8. The van der Waals surface area contributed by atoms with E-state index < -0.39 is 0 Å². The lowest BCUT2D eigenvalue weighted by molar-refractivity contribution is -0.132. The maximum Gasteiger partial charge on any atom is 0.227 e. The molecule has 0 bridgehead atoms. The molecule has 3 rings (SSSR count). The number of hydrogen-bond donors (Lipinski definition) is 2. The number of rotatable bonds is 2. The van der Waals surface area contributed by atoms with Gasteiger partial charge in [-0.1, -0.05) is 18.2 Å². The first-order valence-corrected chi connectivity index (χ1v) is 7.17. The summed E-state index contributed by atoms with van der Waals surface area (Å²) in [4.78, 5) is 17.6. The van der Waals surface area contributed by atoms with Gasteiger partial charge in [-0.2, -0.15) is 0 Å². The number of nitrogens with one attached hydrogen (secondary N) is 1. The number of carbonyl (C=O) groups excluding carboxylic acids is 1. The molecule has 0 aliphatic carbocycles. The summed E-state index contributed by atoms with van der Waals surface area (Å²) >= 11 is 0. The monoisotopic (exact) mass is 272 g/mol. The van der Waals surface area contributed by atoms with Crippen molar-refractivity contribution in [3.63, 3.8) is 0 Å². The molecule has 4 nitrogen and oxygen atoms in total. The average molecular weight is 272 g/mol. The zero-order valence-electron chi connectivity index (χ0n) is 11.7. The van der Waals surface area contributed by atoms with Crippen molar-refractivity contribution in [2.45, 2.75) is 32.3 Å². The van der Waals surface area contributed by atoms with Gasteiger partial charge in [-0.3, -0.25) is 4.79 Å². The first-order chi connectivity index (χ1) is 9.65. The Morgan fingerprint density at radius 1 is 1.35 bits per heavy atom. The predicted octanol–water partition coefficient (Wildman–Crippen LogP) is 2.00. The van der Waals surface area contributed by atoms with E-state index >= 15 is 0 Å². The molecule has 1 fully saturated rings. The van der Waals surface area contributed by atoms with Gasteiger partial charge in [-0.25, -0.2) is 0 Å². The number of aliphatic hydroxyl groups excluding tert-OH is 1. The number of fused-ring (bicyclic) bond motifs is 1. The molecule has 1 saturated heterocycles. The minimum Gasteiger partial charge on any atom is -0.393 e. The molecule has 0 unspecified atom stereocenters. The molecule has 2 N–H and O–H groups in total. The van der Waals surface area contributed by atoms with Crippen molar-refractivity contribution >= 4 is 16.8 Å². The maximum atomic E-state index is 12.4. The van der Waals surface area contributed by atoms with Crippen LogP contribution in [0.3, 0.4) is 0 Å². The minimum absolute atomic E-state index is 0.157. The van der Waals surface area contributed by atoms with Crippen molar-refractivity contribution in [2.24, 2.45) is 0 Å². The minimum atomic E-state index is -0.242. The zero-order valence-corrected chi connectivity index (χ0v) is 11.7. The SMILES string of the molecule is Cc1[nH]c2ccccc2c1CC(=O)N1CCC(O)CC1. The summed E-state index contributed by atoms with van der Waals surface area (Å²) < 4.78 is 0. The molecule has 1 amide bonds. The van der Waals surface area contributed by atoms with Gasteiger partial charge in [-0.05, 0) is 31.4 Å². The molecule has 1 aliphatic heterocycles. The van der Waals surface area contributed by atoms with Crippen LogP contribution >= 0.6 is 0 Å². The van der Waals surface area contributed by atoms with E-state index in [4.69, 9.17) is 0 Å². The smallest absolute Gasteiger partial charge is 0.227 e. The highest BCUT2D eigenvalue weighted by atomic mass is 16.3. The summed E-state index contributed by atoms with van der Waals surface area (Å²) in [6, 6.07) is 8.09. The fourth-order valence-corrected chi connectivity index (χ4v) is 2.94. The summed E-state index contributed by atoms with van der Waals surface area (Å²) in [5.74, 6) is 0.157. The second-order valence-corrected chi connectivity index (χ2v) is 5.56. The molecule has 0 spiro atoms. The number of aryl methyl sites for hydroxylation is 1. The third-order valence-electron chi connectivity index (χ3n) is 4.17. The van der Waals surface area contributed by atoms with Gasteiger partial charge in [0.05, 0.1) is 12.5 Å². The summed E-state index contributed by atoms with van der Waals surface area (Å²) in [7, 11) is 0. The van der Waals surface area contributed by atoms with Crippen LogP contribution in [-0.2, 0) is 11.2 Å². The second-order valence-electron chi connectivity index (χ2n) is 5.56. The van der Waals surface area contributed by atoms with E-state index in [9.17, 15) is 9.90 Å². The van der Waals surface area contributed by atoms with E-state index in [-0.39, 0.29) is 12.0 Å². The van der Waals surface area contributed by atoms with E-state index in [0.717, 1.165) is 22.2 Å². The van der Waals surface area contributed by atoms with Crippen molar-refractivity contribution in [1.82, 2.24) is 9.88 Å². The van der Waals surface area contributed by atoms with Crippen LogP contribution in [0.25, 0.3) is 10.9 Å². The van der Waals surface area contributed by atoms with Crippen molar-refractivity contribution in [3.8, 4) is 0 Å². The second kappa shape index (κ2) is 5.29. The average Bonchev–Trinajstić information content (AvgIpc) is 2.76. The van der Waals surface area contributed by atoms with Crippen molar-refractivity contribution < 1.29 is 9.90 Å². The van der Waals surface area contributed by atoms with Crippen molar-refractivity contribution in [1.29, 1.82) is 0 Å². The van der Waals surface area contributed by atoms with Gasteiger partial charge in [0.25, 0.3) is 0 Å². The number of benzene rings is 1. The van der Waals surface area contributed by atoms with Crippen molar-refractivity contribution in [2.75, 3.05) is 13.1 Å². The fourth-order valence-electron chi connectivity index (χ4n) is 2.94. The molecule has 2 heterocycles. The van der Waals surface area contributed by atoms with Gasteiger partial charge in [0.1, 0.15) is 0 Å². The lowest BCUT2D eigenvalue weighted by atomic mass is 10.0. The van der Waals surface area contributed by atoms with Gasteiger partial charge in [-0.15, -0.1) is 0 Å². The van der Waals surface area contributed by atoms with Crippen LogP contribution in [-0.4, -0.2) is 40.1 Å². The third-order valence-corrected chi connectivity index (χ3v) is 4.17. The number of para-hydroxylation sites is 1. The summed E-state index contributed by atoms with van der Waals surface area (Å²) in [6.45, 7) is 3.35. The standard InChI is InChI=1S/C16H20N2O2/c1-11-14(13-4-2-3-5-15(13)17-11)10-16(20)18-8-6-12(19)7-9-18/h2-5,12,17,19H,6-10H2,1H3. The van der Waals surface area contributed by atoms with E-state index in [1.807, 2.05) is 30.0 Å². The van der Waals surface area contributed by atoms with Gasteiger partial charge in [0.2, 0.25) is 5.91 Å². The van der Waals surface area contributed by atoms with Crippen LogP contribution in [0.5, 0.6) is 0 Å². The highest BCUT2D eigenvalue weighted by Gasteiger charge is 2.22. The first kappa shape index (κ1) is 13.2. The molecule has 2 aromatic rings. The molecular weight excluding hydrogens is 252 g/mol. The number of likely N-dealkylation sites (tertiary alicyclic amines) is 1.